The van der Waals surface area contributed by atoms with Crippen LogP contribution >= 0.6 is 11.3 Å². The first-order valence-corrected chi connectivity index (χ1v) is 10.1. The van der Waals surface area contributed by atoms with Gasteiger partial charge in [0, 0.05) is 18.0 Å². The number of thiophene rings is 1. The summed E-state index contributed by atoms with van der Waals surface area (Å²) in [6, 6.07) is 9.82. The third kappa shape index (κ3) is 6.11. The van der Waals surface area contributed by atoms with E-state index in [1.165, 1.54) is 12.1 Å². The lowest BCUT2D eigenvalue weighted by atomic mass is 10.1. The molecule has 0 aliphatic carbocycles. The van der Waals surface area contributed by atoms with E-state index in [2.05, 4.69) is 15.6 Å². The van der Waals surface area contributed by atoms with Gasteiger partial charge in [0.05, 0.1) is 6.54 Å². The van der Waals surface area contributed by atoms with Crippen LogP contribution in [0.15, 0.2) is 45.6 Å². The van der Waals surface area contributed by atoms with Crippen molar-refractivity contribution in [3.05, 3.63) is 52.7 Å². The normalized spacial score (nSPS) is 12.2. The number of hydrogen-bond acceptors (Lipinski definition) is 4. The van der Waals surface area contributed by atoms with Gasteiger partial charge in [-0.1, -0.05) is 18.2 Å². The first-order valence-electron chi connectivity index (χ1n) is 7.77. The molecule has 0 fully saturated rings. The standard InChI is InChI=1S/C16H21FN4O2S2/c1-2-19-16(20-10-9-12-5-3-4-6-14(12)17)21-11-13-7-8-15(24-13)25(18,22)23/h3-8H,2,9-11H2,1H3,(H2,18,22,23)(H2,19,20,21). The van der Waals surface area contributed by atoms with Crippen LogP contribution < -0.4 is 15.8 Å². The van der Waals surface area contributed by atoms with E-state index in [1.807, 2.05) is 6.92 Å². The Bertz CT molecular complexity index is 834. The van der Waals surface area contributed by atoms with Crippen molar-refractivity contribution in [1.82, 2.24) is 10.6 Å². The summed E-state index contributed by atoms with van der Waals surface area (Å²) < 4.78 is 36.3. The number of aliphatic imine (C=N–C) groups is 1. The first kappa shape index (κ1) is 19.4. The number of primary sulfonamides is 1. The van der Waals surface area contributed by atoms with Gasteiger partial charge < -0.3 is 10.6 Å². The van der Waals surface area contributed by atoms with Crippen LogP contribution in [-0.2, 0) is 23.0 Å². The number of benzene rings is 1. The molecule has 0 aliphatic heterocycles. The molecule has 0 saturated carbocycles. The van der Waals surface area contributed by atoms with Crippen molar-refractivity contribution < 1.29 is 12.8 Å². The summed E-state index contributed by atoms with van der Waals surface area (Å²) in [5, 5.41) is 11.3. The molecule has 1 aromatic heterocycles. The number of nitrogens with zero attached hydrogens (tertiary/aromatic N) is 1. The number of nitrogens with one attached hydrogen (secondary N) is 2. The second kappa shape index (κ2) is 8.93. The summed E-state index contributed by atoms with van der Waals surface area (Å²) in [5.74, 6) is 0.366. The average molecular weight is 385 g/mol. The molecular formula is C16H21FN4O2S2. The van der Waals surface area contributed by atoms with Crippen LogP contribution in [-0.4, -0.2) is 27.5 Å². The molecule has 136 valence electrons. The highest BCUT2D eigenvalue weighted by molar-refractivity contribution is 7.91. The molecule has 25 heavy (non-hydrogen) atoms. The highest BCUT2D eigenvalue weighted by atomic mass is 32.2. The Labute approximate surface area is 151 Å². The van der Waals surface area contributed by atoms with Crippen molar-refractivity contribution in [3.8, 4) is 0 Å². The van der Waals surface area contributed by atoms with Gasteiger partial charge in [-0.05, 0) is 37.1 Å². The molecule has 0 saturated heterocycles. The quantitative estimate of drug-likeness (QED) is 0.501. The van der Waals surface area contributed by atoms with E-state index in [9.17, 15) is 12.8 Å². The Morgan fingerprint density at radius 3 is 2.64 bits per heavy atom. The SMILES string of the molecule is CCNC(=NCc1ccc(S(N)(=O)=O)s1)NCCc1ccccc1F. The van der Waals surface area contributed by atoms with Crippen molar-refractivity contribution in [2.24, 2.45) is 10.1 Å². The van der Waals surface area contributed by atoms with Crippen LogP contribution in [0.2, 0.25) is 0 Å². The van der Waals surface area contributed by atoms with Crippen LogP contribution in [0.5, 0.6) is 0 Å². The molecule has 0 radical (unpaired) electrons. The molecule has 9 heteroatoms. The number of guanidine groups is 1. The van der Waals surface area contributed by atoms with Crippen molar-refractivity contribution in [2.45, 2.75) is 24.1 Å². The molecule has 0 amide bonds. The summed E-state index contributed by atoms with van der Waals surface area (Å²) in [6.45, 7) is 3.48. The summed E-state index contributed by atoms with van der Waals surface area (Å²) >= 11 is 1.10. The van der Waals surface area contributed by atoms with Gasteiger partial charge >= 0.3 is 0 Å². The Kier molecular flexibility index (Phi) is 6.91. The van der Waals surface area contributed by atoms with Gasteiger partial charge in [0.1, 0.15) is 10.0 Å². The minimum absolute atomic E-state index is 0.121. The zero-order valence-corrected chi connectivity index (χ0v) is 15.5. The molecule has 0 atom stereocenters. The van der Waals surface area contributed by atoms with Crippen LogP contribution in [0.1, 0.15) is 17.4 Å². The van der Waals surface area contributed by atoms with Gasteiger partial charge in [-0.2, -0.15) is 0 Å². The number of halogens is 1. The van der Waals surface area contributed by atoms with Gasteiger partial charge in [-0.15, -0.1) is 11.3 Å². The number of nitrogens with two attached hydrogens (primary N) is 1. The Morgan fingerprint density at radius 2 is 2.00 bits per heavy atom. The molecule has 2 aromatic rings. The molecule has 0 bridgehead atoms. The zero-order valence-electron chi connectivity index (χ0n) is 13.8. The van der Waals surface area contributed by atoms with E-state index in [-0.39, 0.29) is 10.0 Å². The van der Waals surface area contributed by atoms with E-state index < -0.39 is 10.0 Å². The zero-order chi connectivity index (χ0) is 18.3. The molecule has 1 aromatic carbocycles. The third-order valence-electron chi connectivity index (χ3n) is 3.30. The van der Waals surface area contributed by atoms with E-state index >= 15 is 0 Å². The van der Waals surface area contributed by atoms with Gasteiger partial charge in [0.15, 0.2) is 5.96 Å². The monoisotopic (exact) mass is 384 g/mol. The Balaban J connectivity index is 1.94. The molecule has 4 N–H and O–H groups in total. The summed E-state index contributed by atoms with van der Waals surface area (Å²) in [4.78, 5) is 5.20. The molecular weight excluding hydrogens is 363 g/mol. The van der Waals surface area contributed by atoms with Gasteiger partial charge in [0.2, 0.25) is 10.0 Å². The summed E-state index contributed by atoms with van der Waals surface area (Å²) in [5.41, 5.74) is 0.641. The lowest BCUT2D eigenvalue weighted by molar-refractivity contribution is 0.599. The second-order valence-corrected chi connectivity index (χ2v) is 8.19. The van der Waals surface area contributed by atoms with Crippen LogP contribution in [0, 0.1) is 5.82 Å². The second-order valence-electron chi connectivity index (χ2n) is 5.23. The minimum atomic E-state index is -3.68. The predicted octanol–water partition coefficient (Wildman–Crippen LogP) is 1.83. The van der Waals surface area contributed by atoms with E-state index in [0.717, 1.165) is 16.2 Å². The van der Waals surface area contributed by atoms with E-state index in [0.29, 0.717) is 37.6 Å². The maximum Gasteiger partial charge on any atom is 0.247 e. The maximum atomic E-state index is 13.6. The van der Waals surface area contributed by atoms with Gasteiger partial charge in [0.25, 0.3) is 0 Å². The lowest BCUT2D eigenvalue weighted by Gasteiger charge is -2.11. The molecule has 1 heterocycles. The third-order valence-corrected chi connectivity index (χ3v) is 5.81. The fraction of sp³-hybridized carbons (Fsp3) is 0.312. The number of hydrogen-bond donors (Lipinski definition) is 3. The minimum Gasteiger partial charge on any atom is -0.357 e. The van der Waals surface area contributed by atoms with E-state index in [4.69, 9.17) is 5.14 Å². The van der Waals surface area contributed by atoms with Crippen LogP contribution in [0.25, 0.3) is 0 Å². The van der Waals surface area contributed by atoms with E-state index in [1.54, 1.807) is 24.3 Å². The van der Waals surface area contributed by atoms with Crippen molar-refractivity contribution in [2.75, 3.05) is 13.1 Å². The Morgan fingerprint density at radius 1 is 1.24 bits per heavy atom. The predicted molar refractivity (Wildman–Crippen MR) is 98.6 cm³/mol. The first-order chi connectivity index (χ1) is 11.9. The van der Waals surface area contributed by atoms with Crippen molar-refractivity contribution in [3.63, 3.8) is 0 Å². The number of rotatable bonds is 7. The van der Waals surface area contributed by atoms with Crippen LogP contribution in [0.3, 0.4) is 0 Å². The molecule has 0 unspecified atom stereocenters. The summed E-state index contributed by atoms with van der Waals surface area (Å²) in [6.07, 6.45) is 0.533. The summed E-state index contributed by atoms with van der Waals surface area (Å²) in [7, 11) is -3.68. The Hall–Kier alpha value is -1.97. The average Bonchev–Trinajstić information content (AvgIpc) is 3.03. The largest absolute Gasteiger partial charge is 0.357 e. The van der Waals surface area contributed by atoms with Gasteiger partial charge in [-0.25, -0.2) is 22.9 Å². The fourth-order valence-electron chi connectivity index (χ4n) is 2.11. The van der Waals surface area contributed by atoms with Crippen LogP contribution in [0.4, 0.5) is 4.39 Å². The smallest absolute Gasteiger partial charge is 0.247 e. The fourth-order valence-corrected chi connectivity index (χ4v) is 3.81. The van der Waals surface area contributed by atoms with Crippen molar-refractivity contribution >= 4 is 27.3 Å². The maximum absolute atomic E-state index is 13.6. The highest BCUT2D eigenvalue weighted by Gasteiger charge is 2.11. The topological polar surface area (TPSA) is 96.6 Å². The van der Waals surface area contributed by atoms with Gasteiger partial charge in [-0.3, -0.25) is 0 Å². The molecule has 6 nitrogen and oxygen atoms in total. The molecule has 2 rings (SSSR count). The molecule has 0 aliphatic rings. The lowest BCUT2D eigenvalue weighted by Crippen LogP contribution is -2.38. The molecule has 0 spiro atoms. The highest BCUT2D eigenvalue weighted by Crippen LogP contribution is 2.20. The van der Waals surface area contributed by atoms with Crippen molar-refractivity contribution in [1.29, 1.82) is 0 Å². The number of sulfonamides is 1.